The van der Waals surface area contributed by atoms with Crippen molar-refractivity contribution in [1.82, 2.24) is 4.98 Å². The Kier molecular flexibility index (Phi) is 3.76. The van der Waals surface area contributed by atoms with Crippen molar-refractivity contribution in [3.63, 3.8) is 0 Å². The lowest BCUT2D eigenvalue weighted by atomic mass is 9.83. The van der Waals surface area contributed by atoms with Crippen molar-refractivity contribution in [2.75, 3.05) is 23.4 Å². The lowest BCUT2D eigenvalue weighted by Gasteiger charge is -2.28. The number of aromatic nitrogens is 1. The third-order valence-electron chi connectivity index (χ3n) is 4.91. The zero-order valence-corrected chi connectivity index (χ0v) is 13.2. The summed E-state index contributed by atoms with van der Waals surface area (Å²) in [6.07, 6.45) is 3.38. The number of cyclic esters (lactones) is 1. The molecule has 1 atom stereocenters. The number of fused-ring (bicyclic) bond motifs is 1. The normalized spacial score (nSPS) is 29.5. The first-order valence-corrected chi connectivity index (χ1v) is 8.27. The van der Waals surface area contributed by atoms with Gasteiger partial charge in [0.15, 0.2) is 18.2 Å². The van der Waals surface area contributed by atoms with Gasteiger partial charge in [0.25, 0.3) is 5.91 Å². The smallest absolute Gasteiger partial charge is 0.415 e. The van der Waals surface area contributed by atoms with Crippen LogP contribution in [-0.4, -0.2) is 42.3 Å². The fourth-order valence-electron chi connectivity index (χ4n) is 3.54. The maximum Gasteiger partial charge on any atom is 0.415 e. The second-order valence-electron chi connectivity index (χ2n) is 6.56. The number of rotatable bonds is 2. The molecule has 128 valence electrons. The molecule has 3 heterocycles. The molecule has 0 radical (unpaired) electrons. The molecule has 3 aliphatic rings. The molecule has 8 nitrogen and oxygen atoms in total. The summed E-state index contributed by atoms with van der Waals surface area (Å²) in [6.45, 7) is 0.449. The molecule has 2 fully saturated rings. The first-order valence-electron chi connectivity index (χ1n) is 8.27. The summed E-state index contributed by atoms with van der Waals surface area (Å²) in [4.78, 5) is 29.5. The van der Waals surface area contributed by atoms with Crippen molar-refractivity contribution in [3.8, 4) is 5.75 Å². The van der Waals surface area contributed by atoms with Crippen LogP contribution < -0.4 is 20.7 Å². The molecular formula is C16H20N4O4. The van der Waals surface area contributed by atoms with Crippen molar-refractivity contribution in [2.45, 2.75) is 37.8 Å². The van der Waals surface area contributed by atoms with Crippen LogP contribution in [0.5, 0.6) is 5.75 Å². The number of nitrogens with one attached hydrogen (secondary N) is 1. The highest BCUT2D eigenvalue weighted by Gasteiger charge is 2.39. The first kappa shape index (κ1) is 15.2. The van der Waals surface area contributed by atoms with E-state index in [4.69, 9.17) is 15.2 Å². The molecule has 0 bridgehead atoms. The Hall–Kier alpha value is -2.35. The van der Waals surface area contributed by atoms with Crippen LogP contribution in [0, 0.1) is 5.92 Å². The summed E-state index contributed by atoms with van der Waals surface area (Å²) < 4.78 is 10.8. The molecule has 0 spiro atoms. The number of hydrogen-bond donors (Lipinski definition) is 2. The highest BCUT2D eigenvalue weighted by molar-refractivity contribution is 5.95. The number of hydrogen-bond acceptors (Lipinski definition) is 6. The number of amides is 2. The van der Waals surface area contributed by atoms with E-state index in [0.717, 1.165) is 25.7 Å². The second-order valence-corrected chi connectivity index (χ2v) is 6.56. The third-order valence-corrected chi connectivity index (χ3v) is 4.91. The number of nitrogens with two attached hydrogens (primary N) is 1. The van der Waals surface area contributed by atoms with Crippen molar-refractivity contribution in [1.29, 1.82) is 0 Å². The van der Waals surface area contributed by atoms with Gasteiger partial charge >= 0.3 is 6.09 Å². The molecule has 8 heteroatoms. The van der Waals surface area contributed by atoms with Gasteiger partial charge in [0.2, 0.25) is 0 Å². The maximum atomic E-state index is 12.2. The Balaban J connectivity index is 1.49. The third kappa shape index (κ3) is 2.77. The molecule has 4 rings (SSSR count). The fourth-order valence-corrected chi connectivity index (χ4v) is 3.54. The highest BCUT2D eigenvalue weighted by Crippen LogP contribution is 2.34. The standard InChI is InChI=1S/C16H20N4O4/c17-10-3-1-9(2-4-10)12-7-20(16(22)24-12)13-6-5-11-15(18-13)19-14(21)8-23-11/h5-6,9-10,12H,1-4,7-8,17H2,(H,18,19,21)/t9-,10-,12?. The average Bonchev–Trinajstić information content (AvgIpc) is 2.96. The quantitative estimate of drug-likeness (QED) is 0.844. The average molecular weight is 332 g/mol. The second kappa shape index (κ2) is 5.94. The highest BCUT2D eigenvalue weighted by atomic mass is 16.6. The van der Waals surface area contributed by atoms with Crippen LogP contribution in [0.1, 0.15) is 25.7 Å². The minimum absolute atomic E-state index is 0.0221. The topological polar surface area (TPSA) is 107 Å². The molecule has 3 N–H and O–H groups in total. The minimum Gasteiger partial charge on any atom is -0.480 e. The van der Waals surface area contributed by atoms with Gasteiger partial charge in [-0.3, -0.25) is 9.69 Å². The number of carbonyl (C=O) groups excluding carboxylic acids is 2. The van der Waals surface area contributed by atoms with Crippen LogP contribution in [-0.2, 0) is 9.53 Å². The molecule has 2 aliphatic heterocycles. The van der Waals surface area contributed by atoms with E-state index in [2.05, 4.69) is 10.3 Å². The number of nitrogens with zero attached hydrogens (tertiary/aromatic N) is 2. The van der Waals surface area contributed by atoms with E-state index in [9.17, 15) is 9.59 Å². The van der Waals surface area contributed by atoms with Gasteiger partial charge in [-0.1, -0.05) is 0 Å². The van der Waals surface area contributed by atoms with E-state index < -0.39 is 6.09 Å². The SMILES string of the molecule is N[C@H]1CC[C@H](C2CN(c3ccc4c(n3)NC(=O)CO4)C(=O)O2)CC1. The molecule has 1 aliphatic carbocycles. The van der Waals surface area contributed by atoms with Crippen molar-refractivity contribution in [2.24, 2.45) is 11.7 Å². The maximum absolute atomic E-state index is 12.2. The van der Waals surface area contributed by atoms with Crippen LogP contribution in [0.3, 0.4) is 0 Å². The molecular weight excluding hydrogens is 312 g/mol. The van der Waals surface area contributed by atoms with Gasteiger partial charge in [0.1, 0.15) is 11.9 Å². The Labute approximate surface area is 139 Å². The zero-order valence-electron chi connectivity index (χ0n) is 13.2. The van der Waals surface area contributed by atoms with Crippen LogP contribution in [0.2, 0.25) is 0 Å². The monoisotopic (exact) mass is 332 g/mol. The molecule has 1 aromatic rings. The van der Waals surface area contributed by atoms with Crippen LogP contribution >= 0.6 is 0 Å². The van der Waals surface area contributed by atoms with Gasteiger partial charge in [0.05, 0.1) is 6.54 Å². The summed E-state index contributed by atoms with van der Waals surface area (Å²) in [5.74, 6) is 1.39. The van der Waals surface area contributed by atoms with Gasteiger partial charge in [0, 0.05) is 6.04 Å². The van der Waals surface area contributed by atoms with E-state index in [0.29, 0.717) is 29.8 Å². The van der Waals surface area contributed by atoms with Crippen LogP contribution in [0.25, 0.3) is 0 Å². The lowest BCUT2D eigenvalue weighted by molar-refractivity contribution is -0.118. The van der Waals surface area contributed by atoms with Crippen LogP contribution in [0.15, 0.2) is 12.1 Å². The number of pyridine rings is 1. The molecule has 2 amide bonds. The fraction of sp³-hybridized carbons (Fsp3) is 0.562. The van der Waals surface area contributed by atoms with Crippen molar-refractivity contribution in [3.05, 3.63) is 12.1 Å². The van der Waals surface area contributed by atoms with Gasteiger partial charge in [-0.05, 0) is 43.7 Å². The number of carbonyl (C=O) groups is 2. The molecule has 1 unspecified atom stereocenters. The summed E-state index contributed by atoms with van der Waals surface area (Å²) >= 11 is 0. The Bertz CT molecular complexity index is 672. The Morgan fingerprint density at radius 3 is 2.79 bits per heavy atom. The minimum atomic E-state index is -0.398. The lowest BCUT2D eigenvalue weighted by Crippen LogP contribution is -2.34. The molecule has 0 aromatic carbocycles. The molecule has 24 heavy (non-hydrogen) atoms. The van der Waals surface area contributed by atoms with E-state index in [1.54, 1.807) is 12.1 Å². The molecule has 1 aromatic heterocycles. The predicted octanol–water partition coefficient (Wildman–Crippen LogP) is 1.26. The van der Waals surface area contributed by atoms with Gasteiger partial charge in [-0.15, -0.1) is 0 Å². The largest absolute Gasteiger partial charge is 0.480 e. The number of anilines is 2. The van der Waals surface area contributed by atoms with Crippen molar-refractivity contribution >= 4 is 23.6 Å². The predicted molar refractivity (Wildman–Crippen MR) is 85.9 cm³/mol. The summed E-state index contributed by atoms with van der Waals surface area (Å²) in [5, 5.41) is 2.65. The van der Waals surface area contributed by atoms with Gasteiger partial charge < -0.3 is 20.5 Å². The summed E-state index contributed by atoms with van der Waals surface area (Å²) in [7, 11) is 0. The van der Waals surface area contributed by atoms with Crippen molar-refractivity contribution < 1.29 is 19.1 Å². The molecule has 1 saturated heterocycles. The van der Waals surface area contributed by atoms with E-state index >= 15 is 0 Å². The zero-order chi connectivity index (χ0) is 16.7. The first-order chi connectivity index (χ1) is 11.6. The van der Waals surface area contributed by atoms with Gasteiger partial charge in [-0.25, -0.2) is 9.78 Å². The Morgan fingerprint density at radius 2 is 2.00 bits per heavy atom. The van der Waals surface area contributed by atoms with E-state index in [1.165, 1.54) is 4.90 Å². The van der Waals surface area contributed by atoms with E-state index in [1.807, 2.05) is 0 Å². The Morgan fingerprint density at radius 1 is 1.21 bits per heavy atom. The van der Waals surface area contributed by atoms with E-state index in [-0.39, 0.29) is 24.7 Å². The van der Waals surface area contributed by atoms with Crippen LogP contribution in [0.4, 0.5) is 16.4 Å². The summed E-state index contributed by atoms with van der Waals surface area (Å²) in [5.41, 5.74) is 5.94. The van der Waals surface area contributed by atoms with Gasteiger partial charge in [-0.2, -0.15) is 0 Å². The molecule has 1 saturated carbocycles. The summed E-state index contributed by atoms with van der Waals surface area (Å²) in [6, 6.07) is 3.68. The number of ether oxygens (including phenoxy) is 2.